The van der Waals surface area contributed by atoms with Gasteiger partial charge in [0.25, 0.3) is 0 Å². The molecule has 0 bridgehead atoms. The molecule has 2 rings (SSSR count). The molecule has 1 atom stereocenters. The van der Waals surface area contributed by atoms with Gasteiger partial charge in [-0.3, -0.25) is 9.59 Å². The summed E-state index contributed by atoms with van der Waals surface area (Å²) in [5.74, 6) is -0.186. The van der Waals surface area contributed by atoms with Crippen LogP contribution in [0.3, 0.4) is 0 Å². The van der Waals surface area contributed by atoms with Crippen molar-refractivity contribution < 1.29 is 14.3 Å². The molecule has 1 aliphatic heterocycles. The Balaban J connectivity index is 2.19. The molecule has 1 aromatic rings. The van der Waals surface area contributed by atoms with Gasteiger partial charge in [0, 0.05) is 25.9 Å². The molecular formula is C16H22N2O3. The SMILES string of the molecule is COCC(=O)N1CCN(c2cc(C)cc(C)c2)C(=O)[C@@H]1C. The van der Waals surface area contributed by atoms with Crippen molar-refractivity contribution in [2.75, 3.05) is 31.7 Å². The summed E-state index contributed by atoms with van der Waals surface area (Å²) in [6.07, 6.45) is 0. The van der Waals surface area contributed by atoms with E-state index in [0.29, 0.717) is 13.1 Å². The summed E-state index contributed by atoms with van der Waals surface area (Å²) in [5, 5.41) is 0. The first-order chi connectivity index (χ1) is 9.93. The van der Waals surface area contributed by atoms with Crippen LogP contribution in [-0.2, 0) is 14.3 Å². The molecule has 1 aromatic carbocycles. The van der Waals surface area contributed by atoms with E-state index in [4.69, 9.17) is 4.74 Å². The fourth-order valence-electron chi connectivity index (χ4n) is 2.78. The summed E-state index contributed by atoms with van der Waals surface area (Å²) in [7, 11) is 1.48. The van der Waals surface area contributed by atoms with E-state index in [9.17, 15) is 9.59 Å². The second-order valence-corrected chi connectivity index (χ2v) is 5.53. The van der Waals surface area contributed by atoms with Crippen LogP contribution in [0.25, 0.3) is 0 Å². The Morgan fingerprint density at radius 3 is 2.43 bits per heavy atom. The molecule has 114 valence electrons. The quantitative estimate of drug-likeness (QED) is 0.848. The van der Waals surface area contributed by atoms with Gasteiger partial charge in [0.1, 0.15) is 12.6 Å². The highest BCUT2D eigenvalue weighted by Gasteiger charge is 2.34. The fourth-order valence-corrected chi connectivity index (χ4v) is 2.78. The average molecular weight is 290 g/mol. The van der Waals surface area contributed by atoms with Crippen LogP contribution >= 0.6 is 0 Å². The third-order valence-corrected chi connectivity index (χ3v) is 3.76. The first-order valence-corrected chi connectivity index (χ1v) is 7.12. The highest BCUT2D eigenvalue weighted by molar-refractivity contribution is 6.00. The molecule has 0 saturated carbocycles. The summed E-state index contributed by atoms with van der Waals surface area (Å²) in [6.45, 7) is 6.86. The molecule has 21 heavy (non-hydrogen) atoms. The number of carbonyl (C=O) groups excluding carboxylic acids is 2. The van der Waals surface area contributed by atoms with Crippen molar-refractivity contribution in [2.45, 2.75) is 26.8 Å². The van der Waals surface area contributed by atoms with Crippen molar-refractivity contribution in [2.24, 2.45) is 0 Å². The monoisotopic (exact) mass is 290 g/mol. The molecule has 0 unspecified atom stereocenters. The van der Waals surface area contributed by atoms with Gasteiger partial charge >= 0.3 is 0 Å². The molecule has 1 heterocycles. The lowest BCUT2D eigenvalue weighted by Crippen LogP contribution is -2.58. The van der Waals surface area contributed by atoms with Gasteiger partial charge in [0.15, 0.2) is 0 Å². The number of rotatable bonds is 3. The van der Waals surface area contributed by atoms with E-state index in [1.807, 2.05) is 26.0 Å². The van der Waals surface area contributed by atoms with Crippen molar-refractivity contribution in [1.82, 2.24) is 4.90 Å². The maximum atomic E-state index is 12.6. The van der Waals surface area contributed by atoms with E-state index >= 15 is 0 Å². The van der Waals surface area contributed by atoms with Gasteiger partial charge in [-0.05, 0) is 44.0 Å². The number of nitrogens with zero attached hydrogens (tertiary/aromatic N) is 2. The lowest BCUT2D eigenvalue weighted by atomic mass is 10.1. The van der Waals surface area contributed by atoms with E-state index in [2.05, 4.69) is 6.07 Å². The average Bonchev–Trinajstić information content (AvgIpc) is 2.40. The van der Waals surface area contributed by atoms with Gasteiger partial charge < -0.3 is 14.5 Å². The first kappa shape index (κ1) is 15.5. The number of methoxy groups -OCH3 is 1. The molecule has 0 spiro atoms. The van der Waals surface area contributed by atoms with E-state index in [1.165, 1.54) is 7.11 Å². The van der Waals surface area contributed by atoms with E-state index in [-0.39, 0.29) is 18.4 Å². The molecular weight excluding hydrogens is 268 g/mol. The smallest absolute Gasteiger partial charge is 0.249 e. The maximum absolute atomic E-state index is 12.6. The van der Waals surface area contributed by atoms with Crippen LogP contribution < -0.4 is 4.90 Å². The Morgan fingerprint density at radius 1 is 1.24 bits per heavy atom. The molecule has 2 amide bonds. The topological polar surface area (TPSA) is 49.9 Å². The molecule has 1 saturated heterocycles. The van der Waals surface area contributed by atoms with E-state index in [1.54, 1.807) is 16.7 Å². The third-order valence-electron chi connectivity index (χ3n) is 3.76. The summed E-state index contributed by atoms with van der Waals surface area (Å²) in [6, 6.07) is 5.63. The summed E-state index contributed by atoms with van der Waals surface area (Å²) in [5.41, 5.74) is 3.16. The minimum Gasteiger partial charge on any atom is -0.375 e. The molecule has 5 nitrogen and oxygen atoms in total. The predicted octanol–water partition coefficient (Wildman–Crippen LogP) is 1.51. The predicted molar refractivity (Wildman–Crippen MR) is 81.3 cm³/mol. The van der Waals surface area contributed by atoms with Crippen molar-refractivity contribution in [3.05, 3.63) is 29.3 Å². The fraction of sp³-hybridized carbons (Fsp3) is 0.500. The van der Waals surface area contributed by atoms with Gasteiger partial charge in [-0.2, -0.15) is 0 Å². The Morgan fingerprint density at radius 2 is 1.86 bits per heavy atom. The summed E-state index contributed by atoms with van der Waals surface area (Å²) in [4.78, 5) is 27.8. The summed E-state index contributed by atoms with van der Waals surface area (Å²) >= 11 is 0. The van der Waals surface area contributed by atoms with Gasteiger partial charge in [0.05, 0.1) is 0 Å². The zero-order valence-electron chi connectivity index (χ0n) is 13.0. The van der Waals surface area contributed by atoms with Gasteiger partial charge in [-0.1, -0.05) is 6.07 Å². The molecule has 0 aromatic heterocycles. The third kappa shape index (κ3) is 3.24. The van der Waals surface area contributed by atoms with Gasteiger partial charge in [-0.25, -0.2) is 0 Å². The summed E-state index contributed by atoms with van der Waals surface area (Å²) < 4.78 is 4.87. The van der Waals surface area contributed by atoms with Gasteiger partial charge in [-0.15, -0.1) is 0 Å². The van der Waals surface area contributed by atoms with Crippen LogP contribution in [0.4, 0.5) is 5.69 Å². The van der Waals surface area contributed by atoms with Crippen molar-refractivity contribution in [3.63, 3.8) is 0 Å². The molecule has 1 fully saturated rings. The Hall–Kier alpha value is -1.88. The molecule has 1 aliphatic rings. The lowest BCUT2D eigenvalue weighted by molar-refractivity contribution is -0.143. The zero-order valence-corrected chi connectivity index (χ0v) is 13.0. The van der Waals surface area contributed by atoms with Crippen LogP contribution in [0.5, 0.6) is 0 Å². The van der Waals surface area contributed by atoms with Gasteiger partial charge in [0.2, 0.25) is 11.8 Å². The van der Waals surface area contributed by atoms with Crippen LogP contribution in [0.2, 0.25) is 0 Å². The largest absolute Gasteiger partial charge is 0.375 e. The number of carbonyl (C=O) groups is 2. The van der Waals surface area contributed by atoms with Crippen LogP contribution in [0.15, 0.2) is 18.2 Å². The first-order valence-electron chi connectivity index (χ1n) is 7.12. The minimum atomic E-state index is -0.456. The number of piperazine rings is 1. The number of anilines is 1. The molecule has 5 heteroatoms. The standard InChI is InChI=1S/C16H22N2O3/c1-11-7-12(2)9-14(8-11)18-6-5-17(13(3)16(18)20)15(19)10-21-4/h7-9,13H,5-6,10H2,1-4H3/t13-/m0/s1. The number of aryl methyl sites for hydroxylation is 2. The van der Waals surface area contributed by atoms with E-state index < -0.39 is 6.04 Å². The Kier molecular flexibility index (Phi) is 4.63. The van der Waals surface area contributed by atoms with Crippen molar-refractivity contribution >= 4 is 17.5 Å². The number of hydrogen-bond acceptors (Lipinski definition) is 3. The normalized spacial score (nSPS) is 19.0. The minimum absolute atomic E-state index is 0.0151. The molecule has 0 N–H and O–H groups in total. The number of ether oxygens (including phenoxy) is 1. The van der Waals surface area contributed by atoms with Crippen molar-refractivity contribution in [1.29, 1.82) is 0 Å². The Labute approximate surface area is 125 Å². The molecule has 0 radical (unpaired) electrons. The van der Waals surface area contributed by atoms with Crippen LogP contribution in [0, 0.1) is 13.8 Å². The van der Waals surface area contributed by atoms with E-state index in [0.717, 1.165) is 16.8 Å². The number of hydrogen-bond donors (Lipinski definition) is 0. The number of benzene rings is 1. The second kappa shape index (κ2) is 6.26. The second-order valence-electron chi connectivity index (χ2n) is 5.53. The van der Waals surface area contributed by atoms with Crippen LogP contribution in [0.1, 0.15) is 18.1 Å². The highest BCUT2D eigenvalue weighted by Crippen LogP contribution is 2.23. The maximum Gasteiger partial charge on any atom is 0.249 e. The number of amides is 2. The molecule has 0 aliphatic carbocycles. The van der Waals surface area contributed by atoms with Crippen molar-refractivity contribution in [3.8, 4) is 0 Å². The zero-order chi connectivity index (χ0) is 15.6. The van der Waals surface area contributed by atoms with Crippen LogP contribution in [-0.4, -0.2) is 49.6 Å². The Bertz CT molecular complexity index is 536. The lowest BCUT2D eigenvalue weighted by Gasteiger charge is -2.39. The highest BCUT2D eigenvalue weighted by atomic mass is 16.5.